The number of hydrogen-bond donors (Lipinski definition) is 0. The van der Waals surface area contributed by atoms with Gasteiger partial charge in [-0.1, -0.05) is 127 Å². The number of fused-ring (bicyclic) bond motifs is 12. The highest BCUT2D eigenvalue weighted by atomic mass is 15.0. The van der Waals surface area contributed by atoms with Crippen molar-refractivity contribution in [3.05, 3.63) is 133 Å². The summed E-state index contributed by atoms with van der Waals surface area (Å²) in [6, 6.07) is 49.6. The van der Waals surface area contributed by atoms with Crippen LogP contribution >= 0.6 is 0 Å². The van der Waals surface area contributed by atoms with Gasteiger partial charge >= 0.3 is 0 Å². The number of hydrogen-bond acceptors (Lipinski definition) is 0. The predicted octanol–water partition coefficient (Wildman–Crippen LogP) is 6.93. The fourth-order valence-electron chi connectivity index (χ4n) is 7.19. The first-order valence-corrected chi connectivity index (χ1v) is 13.3. The van der Waals surface area contributed by atoms with E-state index in [2.05, 4.69) is 138 Å². The molecule has 2 aliphatic rings. The van der Waals surface area contributed by atoms with Gasteiger partial charge in [-0.3, -0.25) is 0 Å². The third kappa shape index (κ3) is 2.47. The van der Waals surface area contributed by atoms with Crippen molar-refractivity contribution in [3.8, 4) is 39.1 Å². The lowest BCUT2D eigenvalue weighted by Crippen LogP contribution is -2.57. The Morgan fingerprint density at radius 2 is 0.921 bits per heavy atom. The molecular formula is C36H22BN. The van der Waals surface area contributed by atoms with Crippen LogP contribution in [-0.4, -0.2) is 11.3 Å². The lowest BCUT2D eigenvalue weighted by Gasteiger charge is -2.30. The molecule has 3 heterocycles. The molecule has 2 aliphatic heterocycles. The van der Waals surface area contributed by atoms with Crippen LogP contribution in [0.15, 0.2) is 133 Å². The van der Waals surface area contributed by atoms with E-state index in [0.717, 1.165) is 0 Å². The van der Waals surface area contributed by atoms with E-state index >= 15 is 0 Å². The third-order valence-electron chi connectivity index (χ3n) is 8.65. The minimum Gasteiger partial charge on any atom is -0.310 e. The SMILES string of the molecule is c1ccc2c(c1)B1c3c(cccc3-n3c4ccccc4c4cccc1c43)-c1ccccc1-c1ccccc1-2. The average Bonchev–Trinajstić information content (AvgIpc) is 3.34. The molecule has 0 bridgehead atoms. The molecule has 0 aliphatic carbocycles. The van der Waals surface area contributed by atoms with Crippen LogP contribution in [0.5, 0.6) is 0 Å². The highest BCUT2D eigenvalue weighted by Crippen LogP contribution is 2.41. The molecule has 0 unspecified atom stereocenters. The third-order valence-corrected chi connectivity index (χ3v) is 8.65. The smallest absolute Gasteiger partial charge is 0.248 e. The fourth-order valence-corrected chi connectivity index (χ4v) is 7.19. The lowest BCUT2D eigenvalue weighted by molar-refractivity contribution is 1.19. The van der Waals surface area contributed by atoms with Crippen LogP contribution in [0, 0.1) is 0 Å². The van der Waals surface area contributed by atoms with Crippen LogP contribution in [0.4, 0.5) is 0 Å². The Morgan fingerprint density at radius 1 is 0.395 bits per heavy atom. The minimum absolute atomic E-state index is 0.122. The molecule has 7 aromatic rings. The van der Waals surface area contributed by atoms with Crippen molar-refractivity contribution in [2.75, 3.05) is 0 Å². The first-order chi connectivity index (χ1) is 18.9. The molecule has 0 N–H and O–H groups in total. The number of benzene rings is 6. The van der Waals surface area contributed by atoms with Gasteiger partial charge in [-0.2, -0.15) is 0 Å². The molecule has 2 heteroatoms. The van der Waals surface area contributed by atoms with Crippen LogP contribution < -0.4 is 16.4 Å². The molecule has 174 valence electrons. The van der Waals surface area contributed by atoms with Crippen LogP contribution in [0.2, 0.25) is 0 Å². The molecule has 38 heavy (non-hydrogen) atoms. The lowest BCUT2D eigenvalue weighted by atomic mass is 9.34. The van der Waals surface area contributed by atoms with E-state index in [0.29, 0.717) is 0 Å². The van der Waals surface area contributed by atoms with Crippen LogP contribution in [0.1, 0.15) is 0 Å². The first kappa shape index (κ1) is 20.3. The van der Waals surface area contributed by atoms with E-state index in [-0.39, 0.29) is 6.71 Å². The van der Waals surface area contributed by atoms with Gasteiger partial charge in [0.1, 0.15) is 0 Å². The highest BCUT2D eigenvalue weighted by Gasteiger charge is 2.37. The summed E-state index contributed by atoms with van der Waals surface area (Å²) in [6.07, 6.45) is 0. The summed E-state index contributed by atoms with van der Waals surface area (Å²) in [4.78, 5) is 0. The molecule has 1 aromatic heterocycles. The summed E-state index contributed by atoms with van der Waals surface area (Å²) in [6.45, 7) is 0.122. The first-order valence-electron chi connectivity index (χ1n) is 13.3. The molecular weight excluding hydrogens is 457 g/mol. The van der Waals surface area contributed by atoms with E-state index in [1.807, 2.05) is 0 Å². The summed E-state index contributed by atoms with van der Waals surface area (Å²) in [5.41, 5.74) is 15.8. The van der Waals surface area contributed by atoms with Crippen molar-refractivity contribution >= 4 is 44.9 Å². The molecule has 9 rings (SSSR count). The van der Waals surface area contributed by atoms with Crippen molar-refractivity contribution in [1.82, 2.24) is 4.57 Å². The van der Waals surface area contributed by atoms with Crippen molar-refractivity contribution in [1.29, 1.82) is 0 Å². The van der Waals surface area contributed by atoms with Crippen molar-refractivity contribution in [2.24, 2.45) is 0 Å². The molecule has 0 radical (unpaired) electrons. The maximum absolute atomic E-state index is 2.52. The zero-order chi connectivity index (χ0) is 24.8. The second-order valence-electron chi connectivity index (χ2n) is 10.4. The maximum Gasteiger partial charge on any atom is 0.248 e. The molecule has 0 atom stereocenters. The summed E-state index contributed by atoms with van der Waals surface area (Å²) in [7, 11) is 0. The van der Waals surface area contributed by atoms with E-state index in [4.69, 9.17) is 0 Å². The Hall–Kier alpha value is -4.82. The zero-order valence-corrected chi connectivity index (χ0v) is 20.7. The number of nitrogens with zero attached hydrogens (tertiary/aromatic N) is 1. The molecule has 0 saturated heterocycles. The van der Waals surface area contributed by atoms with Crippen molar-refractivity contribution in [3.63, 3.8) is 0 Å². The molecule has 0 saturated carbocycles. The standard InChI is InChI=1S/C36H22BN/c1-3-13-25-23(11-1)24-12-2-4-14-26(24)29-17-10-22-34-35(29)37(31-19-7-5-15-27(25)31)32-20-9-18-30-28-16-6-8-21-33(28)38(34)36(30)32/h1-22H. The molecule has 0 spiro atoms. The van der Waals surface area contributed by atoms with Crippen LogP contribution in [0.3, 0.4) is 0 Å². The highest BCUT2D eigenvalue weighted by molar-refractivity contribution is 6.99. The Morgan fingerprint density at radius 3 is 1.71 bits per heavy atom. The van der Waals surface area contributed by atoms with Gasteiger partial charge in [0.25, 0.3) is 0 Å². The van der Waals surface area contributed by atoms with Gasteiger partial charge < -0.3 is 4.57 Å². The Labute approximate surface area is 221 Å². The summed E-state index contributed by atoms with van der Waals surface area (Å²) < 4.78 is 2.52. The van der Waals surface area contributed by atoms with Gasteiger partial charge in [0.15, 0.2) is 0 Å². The van der Waals surface area contributed by atoms with Crippen LogP contribution in [-0.2, 0) is 0 Å². The molecule has 0 amide bonds. The van der Waals surface area contributed by atoms with Gasteiger partial charge in [0.2, 0.25) is 6.71 Å². The zero-order valence-electron chi connectivity index (χ0n) is 20.7. The minimum atomic E-state index is 0.122. The van der Waals surface area contributed by atoms with Crippen molar-refractivity contribution in [2.45, 2.75) is 0 Å². The van der Waals surface area contributed by atoms with Crippen LogP contribution in [0.25, 0.3) is 60.9 Å². The summed E-state index contributed by atoms with van der Waals surface area (Å²) in [5, 5.41) is 2.64. The predicted molar refractivity (Wildman–Crippen MR) is 162 cm³/mol. The van der Waals surface area contributed by atoms with E-state index in [9.17, 15) is 0 Å². The quantitative estimate of drug-likeness (QED) is 0.208. The fraction of sp³-hybridized carbons (Fsp3) is 0. The van der Waals surface area contributed by atoms with Crippen molar-refractivity contribution < 1.29 is 0 Å². The van der Waals surface area contributed by atoms with E-state index < -0.39 is 0 Å². The Balaban J connectivity index is 1.56. The Bertz CT molecular complexity index is 2100. The normalized spacial score (nSPS) is 12.7. The van der Waals surface area contributed by atoms with Gasteiger partial charge in [0.05, 0.1) is 5.52 Å². The second-order valence-corrected chi connectivity index (χ2v) is 10.4. The molecule has 0 fully saturated rings. The monoisotopic (exact) mass is 479 g/mol. The maximum atomic E-state index is 2.52. The largest absolute Gasteiger partial charge is 0.310 e. The summed E-state index contributed by atoms with van der Waals surface area (Å²) in [5.74, 6) is 0. The van der Waals surface area contributed by atoms with Gasteiger partial charge in [-0.05, 0) is 56.4 Å². The number of para-hydroxylation sites is 2. The Kier molecular flexibility index (Phi) is 3.93. The van der Waals surface area contributed by atoms with Gasteiger partial charge in [0, 0.05) is 22.0 Å². The van der Waals surface area contributed by atoms with E-state index in [1.54, 1.807) is 0 Å². The van der Waals surface area contributed by atoms with Gasteiger partial charge in [-0.25, -0.2) is 0 Å². The van der Waals surface area contributed by atoms with E-state index in [1.165, 1.54) is 77.3 Å². The topological polar surface area (TPSA) is 4.93 Å². The average molecular weight is 479 g/mol. The number of rotatable bonds is 0. The second kappa shape index (κ2) is 7.37. The summed E-state index contributed by atoms with van der Waals surface area (Å²) >= 11 is 0. The molecule has 6 aromatic carbocycles. The molecule has 1 nitrogen and oxygen atoms in total. The van der Waals surface area contributed by atoms with Gasteiger partial charge in [-0.15, -0.1) is 0 Å². The number of aromatic nitrogens is 1.